The van der Waals surface area contributed by atoms with Crippen LogP contribution in [0.3, 0.4) is 0 Å². The normalized spacial score (nSPS) is 20.5. The molecule has 0 atom stereocenters. The summed E-state index contributed by atoms with van der Waals surface area (Å²) in [5.74, 6) is 0.162. The number of carbonyl (C=O) groups excluding carboxylic acids is 1. The first-order valence-electron chi connectivity index (χ1n) is 8.80. The van der Waals surface area contributed by atoms with Gasteiger partial charge in [0.15, 0.2) is 0 Å². The topological polar surface area (TPSA) is 45.7 Å². The highest BCUT2D eigenvalue weighted by Crippen LogP contribution is 2.36. The van der Waals surface area contributed by atoms with Crippen LogP contribution < -0.4 is 4.90 Å². The van der Waals surface area contributed by atoms with E-state index in [9.17, 15) is 4.79 Å². The molecule has 0 aromatic carbocycles. The summed E-state index contributed by atoms with van der Waals surface area (Å²) in [4.78, 5) is 21.2. The number of nitrogens with zero attached hydrogens (tertiary/aromatic N) is 3. The van der Waals surface area contributed by atoms with E-state index in [0.717, 1.165) is 63.5 Å². The number of rotatable bonds is 2. The zero-order valence-corrected chi connectivity index (χ0v) is 15.1. The first-order chi connectivity index (χ1) is 12.3. The molecule has 0 saturated carbocycles. The molecule has 132 valence electrons. The average Bonchev–Trinajstić information content (AvgIpc) is 3.12. The quantitative estimate of drug-likeness (QED) is 0.829. The fourth-order valence-electron chi connectivity index (χ4n) is 3.81. The minimum atomic E-state index is 0.123. The first kappa shape index (κ1) is 16.5. The molecular formula is C19H23N3O2S. The van der Waals surface area contributed by atoms with Gasteiger partial charge >= 0.3 is 0 Å². The van der Waals surface area contributed by atoms with Crippen LogP contribution >= 0.6 is 11.3 Å². The van der Waals surface area contributed by atoms with E-state index in [1.54, 1.807) is 11.3 Å². The monoisotopic (exact) mass is 357 g/mol. The number of ether oxygens (including phenoxy) is 1. The number of pyridine rings is 1. The third kappa shape index (κ3) is 3.55. The minimum absolute atomic E-state index is 0.123. The molecule has 5 nitrogen and oxygen atoms in total. The molecule has 2 aliphatic heterocycles. The van der Waals surface area contributed by atoms with Gasteiger partial charge in [-0.05, 0) is 36.4 Å². The second-order valence-electron chi connectivity index (χ2n) is 6.99. The molecule has 2 saturated heterocycles. The summed E-state index contributed by atoms with van der Waals surface area (Å²) in [5.41, 5.74) is 2.09. The van der Waals surface area contributed by atoms with Gasteiger partial charge in [0.25, 0.3) is 5.91 Å². The summed E-state index contributed by atoms with van der Waals surface area (Å²) >= 11 is 1.57. The van der Waals surface area contributed by atoms with Crippen LogP contribution in [-0.4, -0.2) is 55.2 Å². The van der Waals surface area contributed by atoms with Crippen molar-refractivity contribution in [3.63, 3.8) is 0 Å². The predicted octanol–water partition coefficient (Wildman–Crippen LogP) is 2.90. The van der Waals surface area contributed by atoms with E-state index in [1.165, 1.54) is 0 Å². The maximum absolute atomic E-state index is 12.6. The van der Waals surface area contributed by atoms with E-state index in [4.69, 9.17) is 4.74 Å². The lowest BCUT2D eigenvalue weighted by molar-refractivity contribution is 0.0208. The lowest BCUT2D eigenvalue weighted by atomic mass is 9.78. The number of hydrogen-bond donors (Lipinski definition) is 0. The lowest BCUT2D eigenvalue weighted by Crippen LogP contribution is -2.49. The Labute approximate surface area is 152 Å². The zero-order valence-electron chi connectivity index (χ0n) is 14.3. The van der Waals surface area contributed by atoms with Gasteiger partial charge in [-0.25, -0.2) is 0 Å². The van der Waals surface area contributed by atoms with Crippen molar-refractivity contribution >= 4 is 22.9 Å². The fourth-order valence-corrected chi connectivity index (χ4v) is 4.44. The fraction of sp³-hybridized carbons (Fsp3) is 0.474. The third-order valence-electron chi connectivity index (χ3n) is 5.33. The molecule has 2 aromatic rings. The van der Waals surface area contributed by atoms with Crippen LogP contribution in [0.4, 0.5) is 5.69 Å². The van der Waals surface area contributed by atoms with Gasteiger partial charge in [0.2, 0.25) is 0 Å². The molecule has 0 bridgehead atoms. The largest absolute Gasteiger partial charge is 0.379 e. The van der Waals surface area contributed by atoms with Gasteiger partial charge in [-0.3, -0.25) is 9.78 Å². The molecule has 0 radical (unpaired) electrons. The van der Waals surface area contributed by atoms with E-state index < -0.39 is 0 Å². The zero-order chi connectivity index (χ0) is 17.1. The molecule has 2 aliphatic rings. The second-order valence-corrected chi connectivity index (χ2v) is 7.77. The first-order valence-corrected chi connectivity index (χ1v) is 9.74. The molecule has 1 amide bonds. The summed E-state index contributed by atoms with van der Waals surface area (Å²) in [6.07, 6.45) is 5.70. The number of amides is 1. The summed E-state index contributed by atoms with van der Waals surface area (Å²) in [6, 6.07) is 6.01. The van der Waals surface area contributed by atoms with E-state index in [1.807, 2.05) is 40.2 Å². The number of likely N-dealkylation sites (tertiary alicyclic amines) is 1. The second kappa shape index (κ2) is 7.14. The van der Waals surface area contributed by atoms with Crippen LogP contribution in [0.15, 0.2) is 41.4 Å². The van der Waals surface area contributed by atoms with E-state index in [-0.39, 0.29) is 11.3 Å². The van der Waals surface area contributed by atoms with Crippen LogP contribution in [0.25, 0.3) is 0 Å². The maximum atomic E-state index is 12.6. The smallest absolute Gasteiger partial charge is 0.254 e. The number of carbonyl (C=O) groups is 1. The molecular weight excluding hydrogens is 334 g/mol. The summed E-state index contributed by atoms with van der Waals surface area (Å²) in [7, 11) is 0. The molecule has 2 fully saturated rings. The molecule has 25 heavy (non-hydrogen) atoms. The van der Waals surface area contributed by atoms with E-state index in [0.29, 0.717) is 0 Å². The van der Waals surface area contributed by atoms with Crippen molar-refractivity contribution < 1.29 is 9.53 Å². The molecule has 4 heterocycles. The Morgan fingerprint density at radius 3 is 2.84 bits per heavy atom. The van der Waals surface area contributed by atoms with Crippen molar-refractivity contribution in [2.45, 2.75) is 12.8 Å². The molecule has 4 rings (SSSR count). The summed E-state index contributed by atoms with van der Waals surface area (Å²) in [5, 5.41) is 3.90. The standard InChI is InChI=1S/C19H23N3O2S/c23-18(16-3-11-25-13-16)21-7-4-19(5-8-21)14-22(9-10-24-15-19)17-2-1-6-20-12-17/h1-3,6,11-13H,4-5,7-10,14-15H2. The Balaban J connectivity index is 1.44. The Morgan fingerprint density at radius 2 is 2.12 bits per heavy atom. The number of anilines is 1. The number of piperidine rings is 1. The average molecular weight is 357 g/mol. The van der Waals surface area contributed by atoms with Crippen molar-refractivity contribution in [2.75, 3.05) is 44.3 Å². The van der Waals surface area contributed by atoms with E-state index in [2.05, 4.69) is 16.0 Å². The summed E-state index contributed by atoms with van der Waals surface area (Å²) < 4.78 is 5.94. The van der Waals surface area contributed by atoms with Gasteiger partial charge in [-0.2, -0.15) is 11.3 Å². The Morgan fingerprint density at radius 1 is 1.24 bits per heavy atom. The van der Waals surface area contributed by atoms with Crippen LogP contribution in [0.2, 0.25) is 0 Å². The van der Waals surface area contributed by atoms with Crippen LogP contribution in [0.5, 0.6) is 0 Å². The lowest BCUT2D eigenvalue weighted by Gasteiger charge is -2.42. The van der Waals surface area contributed by atoms with Gasteiger partial charge in [0.1, 0.15) is 0 Å². The molecule has 6 heteroatoms. The predicted molar refractivity (Wildman–Crippen MR) is 99.2 cm³/mol. The maximum Gasteiger partial charge on any atom is 0.254 e. The Hall–Kier alpha value is -1.92. The number of hydrogen-bond acceptors (Lipinski definition) is 5. The van der Waals surface area contributed by atoms with Gasteiger partial charge in [0.05, 0.1) is 30.7 Å². The van der Waals surface area contributed by atoms with Crippen molar-refractivity contribution in [3.8, 4) is 0 Å². The Bertz CT molecular complexity index is 697. The van der Waals surface area contributed by atoms with Crippen molar-refractivity contribution in [1.29, 1.82) is 0 Å². The van der Waals surface area contributed by atoms with Gasteiger partial charge in [-0.1, -0.05) is 0 Å². The number of thiophene rings is 1. The van der Waals surface area contributed by atoms with Crippen molar-refractivity contribution in [3.05, 3.63) is 46.9 Å². The van der Waals surface area contributed by atoms with Crippen molar-refractivity contribution in [2.24, 2.45) is 5.41 Å². The minimum Gasteiger partial charge on any atom is -0.379 e. The summed E-state index contributed by atoms with van der Waals surface area (Å²) in [6.45, 7) is 5.00. The van der Waals surface area contributed by atoms with Crippen LogP contribution in [0.1, 0.15) is 23.2 Å². The van der Waals surface area contributed by atoms with Crippen molar-refractivity contribution in [1.82, 2.24) is 9.88 Å². The van der Waals surface area contributed by atoms with Crippen LogP contribution in [0, 0.1) is 5.41 Å². The van der Waals surface area contributed by atoms with Gasteiger partial charge < -0.3 is 14.5 Å². The molecule has 2 aromatic heterocycles. The molecule has 0 unspecified atom stereocenters. The highest BCUT2D eigenvalue weighted by molar-refractivity contribution is 7.08. The van der Waals surface area contributed by atoms with Gasteiger partial charge in [-0.15, -0.1) is 0 Å². The highest BCUT2D eigenvalue weighted by atomic mass is 32.1. The number of aromatic nitrogens is 1. The molecule has 1 spiro atoms. The highest BCUT2D eigenvalue weighted by Gasteiger charge is 2.39. The SMILES string of the molecule is O=C(c1ccsc1)N1CCC2(CC1)COCCN(c1cccnc1)C2. The third-order valence-corrected chi connectivity index (χ3v) is 6.01. The Kier molecular flexibility index (Phi) is 4.72. The molecule has 0 N–H and O–H groups in total. The van der Waals surface area contributed by atoms with Crippen LogP contribution in [-0.2, 0) is 4.74 Å². The van der Waals surface area contributed by atoms with Gasteiger partial charge in [0, 0.05) is 43.2 Å². The van der Waals surface area contributed by atoms with E-state index >= 15 is 0 Å². The molecule has 0 aliphatic carbocycles.